The molecule has 0 aliphatic carbocycles. The van der Waals surface area contributed by atoms with Crippen LogP contribution in [-0.2, 0) is 17.9 Å². The average molecular weight is 516 g/mol. The van der Waals surface area contributed by atoms with E-state index in [-0.39, 0.29) is 34.5 Å². The molecule has 9 heteroatoms. The molecule has 1 aliphatic heterocycles. The second-order valence-electron chi connectivity index (χ2n) is 7.54. The molecule has 1 fully saturated rings. The van der Waals surface area contributed by atoms with Crippen molar-refractivity contribution in [2.75, 3.05) is 6.61 Å². The Bertz CT molecular complexity index is 1300. The zero-order valence-corrected chi connectivity index (χ0v) is 20.2. The van der Waals surface area contributed by atoms with E-state index in [1.54, 1.807) is 43.3 Å². The van der Waals surface area contributed by atoms with Gasteiger partial charge in [-0.3, -0.25) is 14.5 Å². The zero-order valence-electron chi connectivity index (χ0n) is 18.6. The molecule has 0 bridgehead atoms. The highest BCUT2D eigenvalue weighted by Gasteiger charge is 2.35. The molecule has 3 aromatic rings. The number of rotatable bonds is 8. The number of nitrogens with zero attached hydrogens (tertiary/aromatic N) is 1. The van der Waals surface area contributed by atoms with Crippen LogP contribution in [0.3, 0.4) is 0 Å². The highest BCUT2D eigenvalue weighted by atomic mass is 35.5. The number of hydrogen-bond acceptors (Lipinski definition) is 5. The molecule has 0 spiro atoms. The molecule has 0 atom stereocenters. The van der Waals surface area contributed by atoms with Gasteiger partial charge in [0.05, 0.1) is 23.1 Å². The van der Waals surface area contributed by atoms with E-state index in [0.717, 1.165) is 22.2 Å². The van der Waals surface area contributed by atoms with E-state index in [0.29, 0.717) is 23.7 Å². The fourth-order valence-electron chi connectivity index (χ4n) is 3.40. The first-order valence-corrected chi connectivity index (χ1v) is 11.9. The van der Waals surface area contributed by atoms with Crippen molar-refractivity contribution in [2.24, 2.45) is 0 Å². The Hall–Kier alpha value is -3.36. The molecule has 4 rings (SSSR count). The smallest absolute Gasteiger partial charge is 0.293 e. The molecule has 0 radical (unpaired) electrons. The topological polar surface area (TPSA) is 55.8 Å². The van der Waals surface area contributed by atoms with Crippen LogP contribution in [-0.4, -0.2) is 22.7 Å². The number of amides is 2. The van der Waals surface area contributed by atoms with Crippen molar-refractivity contribution in [3.63, 3.8) is 0 Å². The number of imide groups is 1. The number of carbonyl (C=O) groups excluding carboxylic acids is 2. The Labute approximate surface area is 210 Å². The third-order valence-electron chi connectivity index (χ3n) is 5.09. The minimum atomic E-state index is -0.519. The Morgan fingerprint density at radius 3 is 2.49 bits per heavy atom. The highest BCUT2D eigenvalue weighted by molar-refractivity contribution is 8.18. The lowest BCUT2D eigenvalue weighted by Crippen LogP contribution is -2.27. The molecule has 0 unspecified atom stereocenters. The van der Waals surface area contributed by atoms with Gasteiger partial charge in [-0.05, 0) is 66.2 Å². The fourth-order valence-corrected chi connectivity index (χ4v) is 4.51. The van der Waals surface area contributed by atoms with Crippen molar-refractivity contribution in [1.29, 1.82) is 0 Å². The lowest BCUT2D eigenvalue weighted by molar-refractivity contribution is -0.123. The van der Waals surface area contributed by atoms with E-state index >= 15 is 0 Å². The Morgan fingerprint density at radius 1 is 1.03 bits per heavy atom. The first kappa shape index (κ1) is 24.8. The minimum Gasteiger partial charge on any atom is -0.490 e. The summed E-state index contributed by atoms with van der Waals surface area (Å²) in [5, 5.41) is -0.241. The van der Waals surface area contributed by atoms with Crippen LogP contribution in [0, 0.1) is 11.6 Å². The molecule has 1 saturated heterocycles. The number of ether oxygens (including phenoxy) is 2. The minimum absolute atomic E-state index is 0.147. The van der Waals surface area contributed by atoms with Crippen molar-refractivity contribution < 1.29 is 27.8 Å². The van der Waals surface area contributed by atoms with E-state index in [2.05, 4.69) is 0 Å². The first-order valence-electron chi connectivity index (χ1n) is 10.7. The van der Waals surface area contributed by atoms with Gasteiger partial charge >= 0.3 is 0 Å². The number of hydrogen-bond donors (Lipinski definition) is 0. The summed E-state index contributed by atoms with van der Waals surface area (Å²) in [5.41, 5.74) is 1.53. The summed E-state index contributed by atoms with van der Waals surface area (Å²) < 4.78 is 38.7. The molecular weight excluding hydrogens is 496 g/mol. The summed E-state index contributed by atoms with van der Waals surface area (Å²) in [6.07, 6.45) is 1.53. The van der Waals surface area contributed by atoms with Crippen LogP contribution in [0.4, 0.5) is 13.6 Å². The van der Waals surface area contributed by atoms with Gasteiger partial charge in [0.1, 0.15) is 18.2 Å². The first-order chi connectivity index (χ1) is 16.9. The maximum atomic E-state index is 14.0. The predicted molar refractivity (Wildman–Crippen MR) is 131 cm³/mol. The van der Waals surface area contributed by atoms with Gasteiger partial charge in [-0.25, -0.2) is 8.78 Å². The summed E-state index contributed by atoms with van der Waals surface area (Å²) in [6.45, 7) is 2.13. The number of benzene rings is 3. The van der Waals surface area contributed by atoms with Gasteiger partial charge in [0.2, 0.25) is 0 Å². The van der Waals surface area contributed by atoms with E-state index in [9.17, 15) is 18.4 Å². The summed E-state index contributed by atoms with van der Waals surface area (Å²) in [4.78, 5) is 26.5. The fraction of sp³-hybridized carbons (Fsp3) is 0.154. The summed E-state index contributed by atoms with van der Waals surface area (Å²) in [7, 11) is 0. The highest BCUT2D eigenvalue weighted by Crippen LogP contribution is 2.40. The molecule has 1 heterocycles. The second kappa shape index (κ2) is 10.9. The number of halogens is 3. The Balaban J connectivity index is 1.55. The van der Waals surface area contributed by atoms with Gasteiger partial charge in [0.15, 0.2) is 11.5 Å². The molecule has 2 amide bonds. The van der Waals surface area contributed by atoms with E-state index < -0.39 is 17.0 Å². The molecule has 0 N–H and O–H groups in total. The SMILES string of the molecule is CCOc1cc(/C=C2\SC(=O)N(Cc3ccccc3F)C2=O)cc(Cl)c1OCc1ccc(F)cc1. The molecule has 5 nitrogen and oxygen atoms in total. The van der Waals surface area contributed by atoms with Gasteiger partial charge in [0, 0.05) is 5.56 Å². The van der Waals surface area contributed by atoms with Crippen molar-refractivity contribution >= 4 is 40.6 Å². The number of carbonyl (C=O) groups is 2. The average Bonchev–Trinajstić information content (AvgIpc) is 3.08. The largest absolute Gasteiger partial charge is 0.490 e. The van der Waals surface area contributed by atoms with Crippen molar-refractivity contribution in [3.05, 3.63) is 98.9 Å². The third-order valence-corrected chi connectivity index (χ3v) is 6.27. The molecule has 0 saturated carbocycles. The lowest BCUT2D eigenvalue weighted by Gasteiger charge is -2.15. The standard InChI is InChI=1S/C26H20ClF2NO4S/c1-2-33-22-12-17(11-20(27)24(22)34-15-16-7-9-19(28)10-8-16)13-23-25(31)30(26(32)35-23)14-18-5-3-4-6-21(18)29/h3-13H,2,14-15H2,1H3/b23-13-. The van der Waals surface area contributed by atoms with Crippen LogP contribution >= 0.6 is 23.4 Å². The maximum absolute atomic E-state index is 14.0. The van der Waals surface area contributed by atoms with Crippen LogP contribution in [0.2, 0.25) is 5.02 Å². The van der Waals surface area contributed by atoms with Crippen LogP contribution < -0.4 is 9.47 Å². The van der Waals surface area contributed by atoms with Crippen LogP contribution in [0.5, 0.6) is 11.5 Å². The van der Waals surface area contributed by atoms with Gasteiger partial charge in [-0.15, -0.1) is 0 Å². The van der Waals surface area contributed by atoms with Crippen LogP contribution in [0.1, 0.15) is 23.6 Å². The van der Waals surface area contributed by atoms with E-state index in [4.69, 9.17) is 21.1 Å². The summed E-state index contributed by atoms with van der Waals surface area (Å²) >= 11 is 7.23. The van der Waals surface area contributed by atoms with Crippen LogP contribution in [0.15, 0.2) is 65.6 Å². The second-order valence-corrected chi connectivity index (χ2v) is 8.94. The van der Waals surface area contributed by atoms with E-state index in [1.807, 2.05) is 0 Å². The molecule has 1 aliphatic rings. The Morgan fingerprint density at radius 2 is 1.77 bits per heavy atom. The third kappa shape index (κ3) is 5.83. The monoisotopic (exact) mass is 515 g/mol. The van der Waals surface area contributed by atoms with Crippen molar-refractivity contribution in [2.45, 2.75) is 20.1 Å². The zero-order chi connectivity index (χ0) is 24.9. The number of thioether (sulfide) groups is 1. The lowest BCUT2D eigenvalue weighted by atomic mass is 10.1. The molecule has 3 aromatic carbocycles. The van der Waals surface area contributed by atoms with Gasteiger partial charge < -0.3 is 9.47 Å². The molecular formula is C26H20ClF2NO4S. The molecule has 35 heavy (non-hydrogen) atoms. The van der Waals surface area contributed by atoms with Gasteiger partial charge in [-0.2, -0.15) is 0 Å². The van der Waals surface area contributed by atoms with E-state index in [1.165, 1.54) is 30.3 Å². The van der Waals surface area contributed by atoms with Gasteiger partial charge in [0.25, 0.3) is 11.1 Å². The quantitative estimate of drug-likeness (QED) is 0.308. The summed E-state index contributed by atoms with van der Waals surface area (Å²) in [5.74, 6) is -0.681. The predicted octanol–water partition coefficient (Wildman–Crippen LogP) is 6.83. The Kier molecular flexibility index (Phi) is 7.73. The maximum Gasteiger partial charge on any atom is 0.293 e. The normalized spacial score (nSPS) is 14.6. The van der Waals surface area contributed by atoms with Gasteiger partial charge in [-0.1, -0.05) is 41.9 Å². The van der Waals surface area contributed by atoms with Crippen molar-refractivity contribution in [3.8, 4) is 11.5 Å². The van der Waals surface area contributed by atoms with Crippen molar-refractivity contribution in [1.82, 2.24) is 4.90 Å². The summed E-state index contributed by atoms with van der Waals surface area (Å²) in [6, 6.07) is 15.1. The molecule has 180 valence electrons. The molecule has 0 aromatic heterocycles. The van der Waals surface area contributed by atoms with Crippen LogP contribution in [0.25, 0.3) is 6.08 Å².